The molecule has 5 heteroatoms. The van der Waals surface area contributed by atoms with E-state index >= 15 is 0 Å². The molecule has 0 spiro atoms. The number of hydrogen-bond donors (Lipinski definition) is 1. The second kappa shape index (κ2) is 6.31. The fourth-order valence-corrected chi connectivity index (χ4v) is 2.36. The van der Waals surface area contributed by atoms with Crippen LogP contribution in [0.4, 0.5) is 15.8 Å². The number of ether oxygens (including phenoxy) is 2. The summed E-state index contributed by atoms with van der Waals surface area (Å²) in [6, 6.07) is 3.03. The van der Waals surface area contributed by atoms with Crippen LogP contribution in [0.3, 0.4) is 0 Å². The van der Waals surface area contributed by atoms with E-state index < -0.39 is 5.82 Å². The molecule has 1 aromatic rings. The normalized spacial score (nSPS) is 19.4. The number of anilines is 2. The van der Waals surface area contributed by atoms with Crippen molar-refractivity contribution < 1.29 is 13.9 Å². The summed E-state index contributed by atoms with van der Waals surface area (Å²) >= 11 is 0. The lowest BCUT2D eigenvalue weighted by molar-refractivity contribution is 0.0384. The Bertz CT molecular complexity index is 465. The van der Waals surface area contributed by atoms with Crippen LogP contribution in [-0.2, 0) is 4.74 Å². The Morgan fingerprint density at radius 2 is 2.25 bits per heavy atom. The second-order valence-corrected chi connectivity index (χ2v) is 5.36. The first-order chi connectivity index (χ1) is 9.51. The lowest BCUT2D eigenvalue weighted by Gasteiger charge is -2.35. The van der Waals surface area contributed by atoms with Crippen molar-refractivity contribution in [3.05, 3.63) is 17.9 Å². The summed E-state index contributed by atoms with van der Waals surface area (Å²) in [6.45, 7) is 8.03. The summed E-state index contributed by atoms with van der Waals surface area (Å²) in [5.41, 5.74) is 7.22. The fraction of sp³-hybridized carbons (Fsp3) is 0.600. The van der Waals surface area contributed by atoms with E-state index in [-0.39, 0.29) is 18.0 Å². The number of hydrogen-bond acceptors (Lipinski definition) is 4. The standard InChI is InChI=1S/C15H23FN2O2/c1-4-11-9-18(5-6-19-11)14-8-15(20-10(2)3)12(16)7-13(14)17/h7-8,10-11H,4-6,9,17H2,1-3H3. The topological polar surface area (TPSA) is 47.7 Å². The zero-order valence-electron chi connectivity index (χ0n) is 12.4. The van der Waals surface area contributed by atoms with E-state index in [4.69, 9.17) is 15.2 Å². The molecule has 1 aromatic carbocycles. The van der Waals surface area contributed by atoms with Crippen LogP contribution in [0, 0.1) is 5.82 Å². The number of rotatable bonds is 4. The van der Waals surface area contributed by atoms with Gasteiger partial charge in [-0.15, -0.1) is 0 Å². The molecule has 1 aliphatic rings. The first-order valence-electron chi connectivity index (χ1n) is 7.13. The van der Waals surface area contributed by atoms with Crippen molar-refractivity contribution in [1.82, 2.24) is 0 Å². The quantitative estimate of drug-likeness (QED) is 0.863. The lowest BCUT2D eigenvalue weighted by Crippen LogP contribution is -2.42. The summed E-state index contributed by atoms with van der Waals surface area (Å²) in [6.07, 6.45) is 1.07. The molecule has 20 heavy (non-hydrogen) atoms. The van der Waals surface area contributed by atoms with Gasteiger partial charge in [0, 0.05) is 25.2 Å². The number of halogens is 1. The van der Waals surface area contributed by atoms with Gasteiger partial charge in [0.1, 0.15) is 0 Å². The number of benzene rings is 1. The molecular formula is C15H23FN2O2. The van der Waals surface area contributed by atoms with Crippen LogP contribution in [0.25, 0.3) is 0 Å². The van der Waals surface area contributed by atoms with Crippen molar-refractivity contribution in [3.8, 4) is 5.75 Å². The monoisotopic (exact) mass is 282 g/mol. The molecule has 4 nitrogen and oxygen atoms in total. The second-order valence-electron chi connectivity index (χ2n) is 5.36. The summed E-state index contributed by atoms with van der Waals surface area (Å²) in [4.78, 5) is 2.14. The molecule has 0 amide bonds. The molecule has 2 rings (SSSR count). The Kier molecular flexibility index (Phi) is 4.70. The Morgan fingerprint density at radius 3 is 2.90 bits per heavy atom. The van der Waals surface area contributed by atoms with Crippen LogP contribution in [0.5, 0.6) is 5.75 Å². The van der Waals surface area contributed by atoms with Gasteiger partial charge in [0.25, 0.3) is 0 Å². The van der Waals surface area contributed by atoms with Crippen molar-refractivity contribution in [2.75, 3.05) is 30.3 Å². The molecule has 1 fully saturated rings. The first kappa shape index (κ1) is 14.9. The van der Waals surface area contributed by atoms with Gasteiger partial charge in [-0.05, 0) is 20.3 Å². The first-order valence-corrected chi connectivity index (χ1v) is 7.13. The third kappa shape index (κ3) is 3.33. The molecule has 1 saturated heterocycles. The highest BCUT2D eigenvalue weighted by Gasteiger charge is 2.22. The van der Waals surface area contributed by atoms with E-state index in [0.717, 1.165) is 25.2 Å². The Hall–Kier alpha value is -1.49. The van der Waals surface area contributed by atoms with E-state index in [9.17, 15) is 4.39 Å². The minimum Gasteiger partial charge on any atom is -0.488 e. The SMILES string of the molecule is CCC1CN(c2cc(OC(C)C)c(F)cc2N)CCO1. The van der Waals surface area contributed by atoms with Crippen LogP contribution in [0.15, 0.2) is 12.1 Å². The molecule has 0 radical (unpaired) electrons. The smallest absolute Gasteiger partial charge is 0.167 e. The van der Waals surface area contributed by atoms with Crippen LogP contribution < -0.4 is 15.4 Å². The molecule has 1 unspecified atom stereocenters. The van der Waals surface area contributed by atoms with E-state index in [2.05, 4.69) is 11.8 Å². The van der Waals surface area contributed by atoms with E-state index in [1.807, 2.05) is 13.8 Å². The predicted octanol–water partition coefficient (Wildman–Crippen LogP) is 2.81. The maximum absolute atomic E-state index is 13.9. The summed E-state index contributed by atoms with van der Waals surface area (Å²) < 4.78 is 25.0. The molecule has 0 aromatic heterocycles. The molecule has 2 N–H and O–H groups in total. The summed E-state index contributed by atoms with van der Waals surface area (Å²) in [7, 11) is 0. The van der Waals surface area contributed by atoms with Crippen molar-refractivity contribution in [2.24, 2.45) is 0 Å². The van der Waals surface area contributed by atoms with Crippen LogP contribution in [0.1, 0.15) is 27.2 Å². The van der Waals surface area contributed by atoms with Crippen LogP contribution in [0.2, 0.25) is 0 Å². The number of nitrogens with two attached hydrogens (primary N) is 1. The molecular weight excluding hydrogens is 259 g/mol. The average molecular weight is 282 g/mol. The van der Waals surface area contributed by atoms with E-state index in [0.29, 0.717) is 12.3 Å². The number of nitrogens with zero attached hydrogens (tertiary/aromatic N) is 1. The minimum atomic E-state index is -0.416. The number of morpholine rings is 1. The highest BCUT2D eigenvalue weighted by molar-refractivity contribution is 5.70. The molecule has 112 valence electrons. The lowest BCUT2D eigenvalue weighted by atomic mass is 10.1. The molecule has 0 aliphatic carbocycles. The molecule has 0 saturated carbocycles. The Balaban J connectivity index is 2.26. The molecule has 1 atom stereocenters. The van der Waals surface area contributed by atoms with Gasteiger partial charge in [0.15, 0.2) is 11.6 Å². The van der Waals surface area contributed by atoms with Crippen LogP contribution >= 0.6 is 0 Å². The third-order valence-electron chi connectivity index (χ3n) is 3.38. The van der Waals surface area contributed by atoms with Gasteiger partial charge in [-0.3, -0.25) is 0 Å². The van der Waals surface area contributed by atoms with Crippen LogP contribution in [-0.4, -0.2) is 31.9 Å². The zero-order chi connectivity index (χ0) is 14.7. The van der Waals surface area contributed by atoms with Gasteiger partial charge >= 0.3 is 0 Å². The highest BCUT2D eigenvalue weighted by Crippen LogP contribution is 2.32. The zero-order valence-corrected chi connectivity index (χ0v) is 12.4. The maximum Gasteiger partial charge on any atom is 0.167 e. The highest BCUT2D eigenvalue weighted by atomic mass is 19.1. The van der Waals surface area contributed by atoms with Gasteiger partial charge in [0.05, 0.1) is 30.2 Å². The predicted molar refractivity (Wildman–Crippen MR) is 78.8 cm³/mol. The largest absolute Gasteiger partial charge is 0.488 e. The molecule has 1 aliphatic heterocycles. The van der Waals surface area contributed by atoms with E-state index in [1.54, 1.807) is 6.07 Å². The van der Waals surface area contributed by atoms with Crippen molar-refractivity contribution in [3.63, 3.8) is 0 Å². The molecule has 1 heterocycles. The van der Waals surface area contributed by atoms with Crippen molar-refractivity contribution in [2.45, 2.75) is 39.4 Å². The molecule has 0 bridgehead atoms. The summed E-state index contributed by atoms with van der Waals surface area (Å²) in [5.74, 6) is -0.163. The fourth-order valence-electron chi connectivity index (χ4n) is 2.36. The summed E-state index contributed by atoms with van der Waals surface area (Å²) in [5, 5.41) is 0. The number of nitrogen functional groups attached to an aromatic ring is 1. The minimum absolute atomic E-state index is 0.0750. The van der Waals surface area contributed by atoms with E-state index in [1.165, 1.54) is 6.07 Å². The van der Waals surface area contributed by atoms with Crippen molar-refractivity contribution >= 4 is 11.4 Å². The average Bonchev–Trinajstić information content (AvgIpc) is 2.41. The van der Waals surface area contributed by atoms with Gasteiger partial charge in [-0.2, -0.15) is 0 Å². The van der Waals surface area contributed by atoms with Gasteiger partial charge in [-0.1, -0.05) is 6.92 Å². The van der Waals surface area contributed by atoms with Gasteiger partial charge in [0.2, 0.25) is 0 Å². The van der Waals surface area contributed by atoms with Gasteiger partial charge < -0.3 is 20.1 Å². The Labute approximate surface area is 119 Å². The maximum atomic E-state index is 13.9. The third-order valence-corrected chi connectivity index (χ3v) is 3.38. The van der Waals surface area contributed by atoms with Crippen molar-refractivity contribution in [1.29, 1.82) is 0 Å². The van der Waals surface area contributed by atoms with Gasteiger partial charge in [-0.25, -0.2) is 4.39 Å². The Morgan fingerprint density at radius 1 is 1.50 bits per heavy atom.